The molecule has 25 heavy (non-hydrogen) atoms. The number of imide groups is 1. The first-order valence-electron chi connectivity index (χ1n) is 8.23. The third-order valence-electron chi connectivity index (χ3n) is 4.72. The summed E-state index contributed by atoms with van der Waals surface area (Å²) in [7, 11) is 7.02. The van der Waals surface area contributed by atoms with Gasteiger partial charge in [0.25, 0.3) is 5.91 Å². The highest BCUT2D eigenvalue weighted by Crippen LogP contribution is 2.36. The van der Waals surface area contributed by atoms with Crippen molar-refractivity contribution < 1.29 is 14.4 Å². The Balaban J connectivity index is 2.26. The zero-order valence-electron chi connectivity index (χ0n) is 15.5. The summed E-state index contributed by atoms with van der Waals surface area (Å²) in [5, 5.41) is 0. The standard InChI is InChI=1S/C18H26N4O3/c1-18(14-9-7-6-8-10-14)16(24)21(5)17(25)22(18)13-15(23)20(4)12-11-19(2)3/h6-10H,11-13H2,1-5H3. The number of benzene rings is 1. The molecule has 1 fully saturated rings. The lowest BCUT2D eigenvalue weighted by Gasteiger charge is -2.33. The van der Waals surface area contributed by atoms with Crippen LogP contribution >= 0.6 is 0 Å². The van der Waals surface area contributed by atoms with Crippen molar-refractivity contribution in [2.45, 2.75) is 12.5 Å². The van der Waals surface area contributed by atoms with Crippen LogP contribution in [0.3, 0.4) is 0 Å². The van der Waals surface area contributed by atoms with Gasteiger partial charge in [-0.3, -0.25) is 19.4 Å². The second-order valence-corrected chi connectivity index (χ2v) is 6.79. The fraction of sp³-hybridized carbons (Fsp3) is 0.500. The Morgan fingerprint density at radius 1 is 1.08 bits per heavy atom. The number of amides is 4. The minimum atomic E-state index is -1.18. The quantitative estimate of drug-likeness (QED) is 0.715. The third kappa shape index (κ3) is 3.51. The minimum absolute atomic E-state index is 0.135. The van der Waals surface area contributed by atoms with E-state index in [1.807, 2.05) is 37.2 Å². The molecule has 7 heteroatoms. The van der Waals surface area contributed by atoms with Crippen LogP contribution in [0.1, 0.15) is 12.5 Å². The van der Waals surface area contributed by atoms with E-state index >= 15 is 0 Å². The van der Waals surface area contributed by atoms with Crippen molar-refractivity contribution in [2.75, 3.05) is 47.8 Å². The van der Waals surface area contributed by atoms with Crippen molar-refractivity contribution in [1.82, 2.24) is 19.6 Å². The molecule has 7 nitrogen and oxygen atoms in total. The predicted octanol–water partition coefficient (Wildman–Crippen LogP) is 0.816. The largest absolute Gasteiger partial charge is 0.343 e. The van der Waals surface area contributed by atoms with Gasteiger partial charge in [-0.15, -0.1) is 0 Å². The van der Waals surface area contributed by atoms with Gasteiger partial charge in [0.2, 0.25) is 5.91 Å². The van der Waals surface area contributed by atoms with Gasteiger partial charge in [-0.1, -0.05) is 30.3 Å². The molecule has 0 saturated carbocycles. The van der Waals surface area contributed by atoms with Crippen LogP contribution in [-0.4, -0.2) is 85.3 Å². The third-order valence-corrected chi connectivity index (χ3v) is 4.72. The number of carbonyl (C=O) groups excluding carboxylic acids is 3. The summed E-state index contributed by atoms with van der Waals surface area (Å²) in [6, 6.07) is 8.64. The lowest BCUT2D eigenvalue weighted by Crippen LogP contribution is -2.49. The number of nitrogens with zero attached hydrogens (tertiary/aromatic N) is 4. The van der Waals surface area contributed by atoms with Gasteiger partial charge < -0.3 is 9.80 Å². The average Bonchev–Trinajstić information content (AvgIpc) is 2.76. The molecule has 0 aromatic heterocycles. The maximum Gasteiger partial charge on any atom is 0.328 e. The highest BCUT2D eigenvalue weighted by atomic mass is 16.2. The van der Waals surface area contributed by atoms with Gasteiger partial charge in [-0.05, 0) is 26.6 Å². The maximum atomic E-state index is 12.7. The van der Waals surface area contributed by atoms with Crippen LogP contribution in [0.4, 0.5) is 4.79 Å². The molecule has 1 saturated heterocycles. The number of hydrogen-bond donors (Lipinski definition) is 0. The Bertz CT molecular complexity index is 662. The summed E-state index contributed by atoms with van der Waals surface area (Å²) < 4.78 is 0. The summed E-state index contributed by atoms with van der Waals surface area (Å²) >= 11 is 0. The maximum absolute atomic E-state index is 12.7. The van der Waals surface area contributed by atoms with Gasteiger partial charge in [-0.25, -0.2) is 4.79 Å². The molecule has 0 bridgehead atoms. The number of urea groups is 1. The van der Waals surface area contributed by atoms with E-state index in [4.69, 9.17) is 0 Å². The molecule has 0 spiro atoms. The number of rotatable bonds is 6. The Morgan fingerprint density at radius 2 is 1.68 bits per heavy atom. The van der Waals surface area contributed by atoms with Gasteiger partial charge >= 0.3 is 6.03 Å². The molecule has 1 aliphatic rings. The normalized spacial score (nSPS) is 20.6. The average molecular weight is 346 g/mol. The molecule has 2 rings (SSSR count). The molecular weight excluding hydrogens is 320 g/mol. The van der Waals surface area contributed by atoms with E-state index in [2.05, 4.69) is 0 Å². The van der Waals surface area contributed by atoms with Gasteiger partial charge in [0.05, 0.1) is 0 Å². The van der Waals surface area contributed by atoms with Crippen molar-refractivity contribution >= 4 is 17.8 Å². The van der Waals surface area contributed by atoms with Crippen molar-refractivity contribution in [3.63, 3.8) is 0 Å². The molecule has 0 aliphatic carbocycles. The molecule has 1 unspecified atom stereocenters. The zero-order valence-corrected chi connectivity index (χ0v) is 15.5. The van der Waals surface area contributed by atoms with Crippen molar-refractivity contribution in [1.29, 1.82) is 0 Å². The first kappa shape index (κ1) is 18.9. The van der Waals surface area contributed by atoms with Gasteiger partial charge in [0.15, 0.2) is 0 Å². The van der Waals surface area contributed by atoms with E-state index in [0.29, 0.717) is 12.1 Å². The van der Waals surface area contributed by atoms with Crippen LogP contribution in [0, 0.1) is 0 Å². The molecule has 1 aromatic rings. The van der Waals surface area contributed by atoms with E-state index < -0.39 is 11.6 Å². The summed E-state index contributed by atoms with van der Waals surface area (Å²) in [5.74, 6) is -0.520. The Hall–Kier alpha value is -2.41. The molecule has 1 atom stereocenters. The van der Waals surface area contributed by atoms with E-state index in [1.165, 1.54) is 11.9 Å². The topological polar surface area (TPSA) is 64.2 Å². The van der Waals surface area contributed by atoms with E-state index in [9.17, 15) is 14.4 Å². The molecule has 0 N–H and O–H groups in total. The lowest BCUT2D eigenvalue weighted by atomic mass is 9.90. The Labute approximate surface area is 148 Å². The minimum Gasteiger partial charge on any atom is -0.343 e. The molecule has 4 amide bonds. The highest BCUT2D eigenvalue weighted by Gasteiger charge is 2.54. The summed E-state index contributed by atoms with van der Waals surface area (Å²) in [6.07, 6.45) is 0. The van der Waals surface area contributed by atoms with Crippen LogP contribution < -0.4 is 0 Å². The van der Waals surface area contributed by atoms with Crippen LogP contribution in [-0.2, 0) is 15.1 Å². The molecule has 1 aromatic carbocycles. The van der Waals surface area contributed by atoms with Crippen molar-refractivity contribution in [3.05, 3.63) is 35.9 Å². The summed E-state index contributed by atoms with van der Waals surface area (Å²) in [4.78, 5) is 43.9. The van der Waals surface area contributed by atoms with Crippen molar-refractivity contribution in [2.24, 2.45) is 0 Å². The van der Waals surface area contributed by atoms with Gasteiger partial charge in [0, 0.05) is 27.2 Å². The number of carbonyl (C=O) groups is 3. The monoisotopic (exact) mass is 346 g/mol. The lowest BCUT2D eigenvalue weighted by molar-refractivity contribution is -0.135. The zero-order chi connectivity index (χ0) is 18.8. The molecule has 1 aliphatic heterocycles. The van der Waals surface area contributed by atoms with Crippen LogP contribution in [0.5, 0.6) is 0 Å². The van der Waals surface area contributed by atoms with Gasteiger partial charge in [-0.2, -0.15) is 0 Å². The smallest absolute Gasteiger partial charge is 0.328 e. The first-order valence-corrected chi connectivity index (χ1v) is 8.23. The SMILES string of the molecule is CN(C)CCN(C)C(=O)CN1C(=O)N(C)C(=O)C1(C)c1ccccc1. The number of hydrogen-bond acceptors (Lipinski definition) is 4. The van der Waals surface area contributed by atoms with Crippen LogP contribution in [0.15, 0.2) is 30.3 Å². The van der Waals surface area contributed by atoms with E-state index in [1.54, 1.807) is 31.0 Å². The van der Waals surface area contributed by atoms with Crippen molar-refractivity contribution in [3.8, 4) is 0 Å². The van der Waals surface area contributed by atoms with Crippen LogP contribution in [0.25, 0.3) is 0 Å². The Morgan fingerprint density at radius 3 is 2.24 bits per heavy atom. The summed E-state index contributed by atoms with van der Waals surface area (Å²) in [6.45, 7) is 2.84. The summed E-state index contributed by atoms with van der Waals surface area (Å²) in [5.41, 5.74) is -0.480. The highest BCUT2D eigenvalue weighted by molar-refractivity contribution is 6.08. The fourth-order valence-corrected chi connectivity index (χ4v) is 2.90. The fourth-order valence-electron chi connectivity index (χ4n) is 2.90. The predicted molar refractivity (Wildman–Crippen MR) is 94.9 cm³/mol. The second kappa shape index (κ2) is 7.23. The molecule has 136 valence electrons. The van der Waals surface area contributed by atoms with Gasteiger partial charge in [0.1, 0.15) is 12.1 Å². The van der Waals surface area contributed by atoms with Crippen LogP contribution in [0.2, 0.25) is 0 Å². The van der Waals surface area contributed by atoms with E-state index in [0.717, 1.165) is 11.4 Å². The Kier molecular flexibility index (Phi) is 5.47. The molecular formula is C18H26N4O3. The molecule has 1 heterocycles. The number of likely N-dealkylation sites (N-methyl/N-ethyl adjacent to an activating group) is 3. The second-order valence-electron chi connectivity index (χ2n) is 6.79. The molecule has 0 radical (unpaired) electrons. The van der Waals surface area contributed by atoms with E-state index in [-0.39, 0.29) is 18.4 Å². The first-order chi connectivity index (χ1) is 11.7.